The number of rotatable bonds is 3. The first-order valence-electron chi connectivity index (χ1n) is 10.9. The lowest BCUT2D eigenvalue weighted by Gasteiger charge is -2.32. The number of aryl methyl sites for hydroxylation is 1. The fourth-order valence-electron chi connectivity index (χ4n) is 4.78. The molecule has 32 heavy (non-hydrogen) atoms. The number of nitrogens with zero attached hydrogens (tertiary/aromatic N) is 3. The lowest BCUT2D eigenvalue weighted by atomic mass is 10.1. The molecule has 1 saturated heterocycles. The van der Waals surface area contributed by atoms with Crippen LogP contribution in [0.3, 0.4) is 0 Å². The molecule has 8 heteroatoms. The Balaban J connectivity index is 1.59. The summed E-state index contributed by atoms with van der Waals surface area (Å²) < 4.78 is 21.5. The minimum atomic E-state index is -2.84. The standard InChI is InChI=1S/C24H28N4O3S/c1-16-5-4-7-19-20(27-10-9-18(15-27)24(25)29)13-22(26-23(16)19)28-11-12-32(30,31)21-8-3-2-6-17(21)14-28/h2-8,13,18,30-31H,9-12,14-15H2,1H3,(H2,25,29). The Kier molecular flexibility index (Phi) is 5.23. The van der Waals surface area contributed by atoms with Gasteiger partial charge in [-0.1, -0.05) is 36.4 Å². The number of para-hydroxylation sites is 1. The van der Waals surface area contributed by atoms with Gasteiger partial charge in [-0.3, -0.25) is 13.9 Å². The van der Waals surface area contributed by atoms with Crippen molar-refractivity contribution in [3.05, 3.63) is 59.7 Å². The van der Waals surface area contributed by atoms with E-state index in [1.54, 1.807) is 0 Å². The van der Waals surface area contributed by atoms with Crippen LogP contribution in [-0.2, 0) is 11.3 Å². The fourth-order valence-corrected chi connectivity index (χ4v) is 6.32. The molecule has 1 aromatic heterocycles. The quantitative estimate of drug-likeness (QED) is 0.555. The van der Waals surface area contributed by atoms with Gasteiger partial charge in [0.05, 0.1) is 22.1 Å². The molecule has 1 amide bonds. The number of carbonyl (C=O) groups is 1. The van der Waals surface area contributed by atoms with Crippen LogP contribution in [0.4, 0.5) is 11.5 Å². The van der Waals surface area contributed by atoms with Crippen molar-refractivity contribution in [3.8, 4) is 0 Å². The summed E-state index contributed by atoms with van der Waals surface area (Å²) in [6, 6.07) is 15.8. The highest BCUT2D eigenvalue weighted by Crippen LogP contribution is 2.51. The third-order valence-corrected chi connectivity index (χ3v) is 8.45. The first-order valence-corrected chi connectivity index (χ1v) is 12.6. The zero-order valence-electron chi connectivity index (χ0n) is 18.1. The van der Waals surface area contributed by atoms with Gasteiger partial charge in [-0.2, -0.15) is 10.6 Å². The highest BCUT2D eigenvalue weighted by atomic mass is 32.3. The third kappa shape index (κ3) is 3.68. The first-order chi connectivity index (χ1) is 15.3. The van der Waals surface area contributed by atoms with Crippen molar-refractivity contribution in [2.24, 2.45) is 11.7 Å². The summed E-state index contributed by atoms with van der Waals surface area (Å²) in [5, 5.41) is 1.05. The van der Waals surface area contributed by atoms with E-state index < -0.39 is 10.6 Å². The Morgan fingerprint density at radius 1 is 1.12 bits per heavy atom. The van der Waals surface area contributed by atoms with E-state index in [1.807, 2.05) is 43.3 Å². The van der Waals surface area contributed by atoms with Gasteiger partial charge in [-0.15, -0.1) is 0 Å². The summed E-state index contributed by atoms with van der Waals surface area (Å²) in [5.41, 5.74) is 9.53. The van der Waals surface area contributed by atoms with Gasteiger partial charge in [0.1, 0.15) is 5.82 Å². The van der Waals surface area contributed by atoms with Crippen LogP contribution in [0.2, 0.25) is 0 Å². The summed E-state index contributed by atoms with van der Waals surface area (Å²) in [6.07, 6.45) is 0.748. The molecule has 0 aliphatic carbocycles. The number of aromatic nitrogens is 1. The topological polar surface area (TPSA) is 103 Å². The van der Waals surface area contributed by atoms with Gasteiger partial charge in [-0.25, -0.2) is 4.98 Å². The second-order valence-electron chi connectivity index (χ2n) is 8.70. The maximum absolute atomic E-state index is 11.8. The Morgan fingerprint density at radius 2 is 1.94 bits per heavy atom. The molecule has 1 atom stereocenters. The van der Waals surface area contributed by atoms with Crippen molar-refractivity contribution in [1.82, 2.24) is 4.98 Å². The number of fused-ring (bicyclic) bond motifs is 2. The maximum atomic E-state index is 11.8. The monoisotopic (exact) mass is 452 g/mol. The number of primary amides is 1. The van der Waals surface area contributed by atoms with Crippen LogP contribution in [0.25, 0.3) is 10.9 Å². The summed E-state index contributed by atoms with van der Waals surface area (Å²) in [7, 11) is -2.84. The second kappa shape index (κ2) is 7.95. The number of carbonyl (C=O) groups excluding carboxylic acids is 1. The molecule has 0 spiro atoms. The Labute approximate surface area is 189 Å². The van der Waals surface area contributed by atoms with E-state index in [1.165, 1.54) is 0 Å². The number of hydrogen-bond donors (Lipinski definition) is 3. The van der Waals surface area contributed by atoms with Crippen LogP contribution in [0.5, 0.6) is 0 Å². The molecule has 0 saturated carbocycles. The molecule has 3 heterocycles. The number of hydrogen-bond acceptors (Lipinski definition) is 6. The van der Waals surface area contributed by atoms with Crippen molar-refractivity contribution < 1.29 is 13.9 Å². The molecule has 1 unspecified atom stereocenters. The normalized spacial score (nSPS) is 21.3. The van der Waals surface area contributed by atoms with Crippen molar-refractivity contribution in [2.45, 2.75) is 24.8 Å². The average Bonchev–Trinajstić information content (AvgIpc) is 3.22. The number of nitrogens with two attached hydrogens (primary N) is 1. The summed E-state index contributed by atoms with van der Waals surface area (Å²) in [5.74, 6) is 0.665. The Hall–Kier alpha value is -2.81. The van der Waals surface area contributed by atoms with Gasteiger partial charge >= 0.3 is 0 Å². The number of pyridine rings is 1. The largest absolute Gasteiger partial charge is 0.370 e. The van der Waals surface area contributed by atoms with Crippen molar-refractivity contribution in [1.29, 1.82) is 0 Å². The van der Waals surface area contributed by atoms with Crippen LogP contribution in [0.15, 0.2) is 53.4 Å². The van der Waals surface area contributed by atoms with Gasteiger partial charge in [0, 0.05) is 43.3 Å². The lowest BCUT2D eigenvalue weighted by Crippen LogP contribution is -2.28. The molecule has 5 rings (SSSR count). The van der Waals surface area contributed by atoms with E-state index in [4.69, 9.17) is 10.7 Å². The molecule has 168 valence electrons. The minimum Gasteiger partial charge on any atom is -0.370 e. The molecular weight excluding hydrogens is 424 g/mol. The van der Waals surface area contributed by atoms with Gasteiger partial charge in [0.25, 0.3) is 0 Å². The average molecular weight is 453 g/mol. The van der Waals surface area contributed by atoms with Crippen LogP contribution < -0.4 is 15.5 Å². The van der Waals surface area contributed by atoms with E-state index in [2.05, 4.69) is 21.9 Å². The van der Waals surface area contributed by atoms with E-state index in [9.17, 15) is 13.9 Å². The molecule has 0 radical (unpaired) electrons. The smallest absolute Gasteiger partial charge is 0.222 e. The predicted octanol–water partition coefficient (Wildman–Crippen LogP) is 3.98. The van der Waals surface area contributed by atoms with Crippen LogP contribution >= 0.6 is 10.6 Å². The number of anilines is 2. The zero-order chi connectivity index (χ0) is 22.5. The molecule has 3 aromatic rings. The summed E-state index contributed by atoms with van der Waals surface area (Å²) in [6.45, 7) is 4.46. The zero-order valence-corrected chi connectivity index (χ0v) is 18.9. The number of benzene rings is 2. The predicted molar refractivity (Wildman–Crippen MR) is 129 cm³/mol. The minimum absolute atomic E-state index is 0.149. The molecule has 2 aliphatic rings. The lowest BCUT2D eigenvalue weighted by molar-refractivity contribution is -0.121. The fraction of sp³-hybridized carbons (Fsp3) is 0.333. The van der Waals surface area contributed by atoms with Crippen molar-refractivity contribution in [2.75, 3.05) is 35.2 Å². The van der Waals surface area contributed by atoms with Crippen molar-refractivity contribution in [3.63, 3.8) is 0 Å². The van der Waals surface area contributed by atoms with E-state index >= 15 is 0 Å². The molecule has 1 fully saturated rings. The molecule has 4 N–H and O–H groups in total. The number of amides is 1. The second-order valence-corrected chi connectivity index (χ2v) is 10.9. The molecule has 2 aromatic carbocycles. The first kappa shape index (κ1) is 21.1. The Morgan fingerprint density at radius 3 is 2.72 bits per heavy atom. The van der Waals surface area contributed by atoms with Crippen molar-refractivity contribution >= 4 is 38.9 Å². The van der Waals surface area contributed by atoms with E-state index in [-0.39, 0.29) is 17.6 Å². The van der Waals surface area contributed by atoms with Gasteiger partial charge in [-0.05, 0) is 30.5 Å². The highest BCUT2D eigenvalue weighted by molar-refractivity contribution is 8.24. The third-order valence-electron chi connectivity index (χ3n) is 6.59. The van der Waals surface area contributed by atoms with Crippen LogP contribution in [0.1, 0.15) is 17.5 Å². The molecular formula is C24H28N4O3S. The van der Waals surface area contributed by atoms with E-state index in [0.29, 0.717) is 24.5 Å². The van der Waals surface area contributed by atoms with Crippen LogP contribution in [0, 0.1) is 12.8 Å². The summed E-state index contributed by atoms with van der Waals surface area (Å²) >= 11 is 0. The summed E-state index contributed by atoms with van der Waals surface area (Å²) in [4.78, 5) is 21.7. The molecule has 7 nitrogen and oxygen atoms in total. The maximum Gasteiger partial charge on any atom is 0.222 e. The van der Waals surface area contributed by atoms with Crippen LogP contribution in [-0.4, -0.2) is 45.4 Å². The SMILES string of the molecule is Cc1cccc2c(N3CCC(C(N)=O)C3)cc(N3CCS(O)(O)c4ccccc4C3)nc12. The Bertz CT molecular complexity index is 1200. The molecule has 0 bridgehead atoms. The highest BCUT2D eigenvalue weighted by Gasteiger charge is 2.30. The molecule has 2 aliphatic heterocycles. The van der Waals surface area contributed by atoms with E-state index in [0.717, 1.165) is 46.5 Å². The van der Waals surface area contributed by atoms with Gasteiger partial charge in [0.15, 0.2) is 0 Å². The van der Waals surface area contributed by atoms with Gasteiger partial charge in [0.2, 0.25) is 5.91 Å². The van der Waals surface area contributed by atoms with Gasteiger partial charge < -0.3 is 15.5 Å².